The Bertz CT molecular complexity index is 726. The van der Waals surface area contributed by atoms with Crippen molar-refractivity contribution in [3.05, 3.63) is 54.1 Å². The highest BCUT2D eigenvalue weighted by Crippen LogP contribution is 2.34. The molecule has 3 rings (SSSR count). The highest BCUT2D eigenvalue weighted by Gasteiger charge is 2.32. The van der Waals surface area contributed by atoms with Crippen molar-refractivity contribution >= 4 is 11.7 Å². The van der Waals surface area contributed by atoms with Gasteiger partial charge in [-0.3, -0.25) is 4.79 Å². The van der Waals surface area contributed by atoms with Gasteiger partial charge in [0.05, 0.1) is 6.42 Å². The average molecular weight is 339 g/mol. The molecule has 1 saturated heterocycles. The number of carboxylic acids is 1. The van der Waals surface area contributed by atoms with Gasteiger partial charge in [0.15, 0.2) is 0 Å². The van der Waals surface area contributed by atoms with Crippen LogP contribution < -0.4 is 9.64 Å². The van der Waals surface area contributed by atoms with E-state index in [-0.39, 0.29) is 12.5 Å². The molecule has 0 aromatic heterocycles. The number of aryl methyl sites for hydroxylation is 1. The maximum atomic E-state index is 11.2. The van der Waals surface area contributed by atoms with Gasteiger partial charge in [0.2, 0.25) is 0 Å². The van der Waals surface area contributed by atoms with Crippen molar-refractivity contribution in [2.24, 2.45) is 5.92 Å². The van der Waals surface area contributed by atoms with Gasteiger partial charge < -0.3 is 14.7 Å². The summed E-state index contributed by atoms with van der Waals surface area (Å²) in [5.74, 6) is 1.48. The summed E-state index contributed by atoms with van der Waals surface area (Å²) in [4.78, 5) is 13.4. The van der Waals surface area contributed by atoms with Gasteiger partial charge in [-0.1, -0.05) is 31.5 Å². The van der Waals surface area contributed by atoms with Gasteiger partial charge in [-0.2, -0.15) is 0 Å². The summed E-state index contributed by atoms with van der Waals surface area (Å²) in [5, 5.41) is 9.19. The fraction of sp³-hybridized carbons (Fsp3) is 0.381. The van der Waals surface area contributed by atoms with Crippen LogP contribution in [-0.2, 0) is 4.79 Å². The molecule has 132 valence electrons. The van der Waals surface area contributed by atoms with Crippen LogP contribution in [0.5, 0.6) is 11.5 Å². The molecule has 2 aromatic carbocycles. The van der Waals surface area contributed by atoms with Gasteiger partial charge >= 0.3 is 5.97 Å². The topological polar surface area (TPSA) is 49.8 Å². The third-order valence-corrected chi connectivity index (χ3v) is 4.98. The van der Waals surface area contributed by atoms with Crippen LogP contribution in [-0.4, -0.2) is 23.7 Å². The molecular weight excluding hydrogens is 314 g/mol. The first-order valence-corrected chi connectivity index (χ1v) is 8.88. The summed E-state index contributed by atoms with van der Waals surface area (Å²) >= 11 is 0. The monoisotopic (exact) mass is 339 g/mol. The smallest absolute Gasteiger partial charge is 0.305 e. The molecule has 2 atom stereocenters. The van der Waals surface area contributed by atoms with Crippen molar-refractivity contribution in [1.82, 2.24) is 0 Å². The molecule has 4 nitrogen and oxygen atoms in total. The number of ether oxygens (including phenoxy) is 1. The average Bonchev–Trinajstić information content (AvgIpc) is 3.00. The van der Waals surface area contributed by atoms with Crippen molar-refractivity contribution in [2.75, 3.05) is 11.4 Å². The number of hydrogen-bond donors (Lipinski definition) is 1. The SMILES string of the molecule is CCC1CC(CC(=O)O)N(c2ccc(Oc3ccccc3C)cc2)C1. The van der Waals surface area contributed by atoms with E-state index in [2.05, 4.69) is 11.8 Å². The Morgan fingerprint density at radius 1 is 1.20 bits per heavy atom. The highest BCUT2D eigenvalue weighted by molar-refractivity contribution is 5.69. The molecular formula is C21H25NO3. The van der Waals surface area contributed by atoms with Crippen molar-refractivity contribution in [2.45, 2.75) is 39.2 Å². The number of para-hydroxylation sites is 1. The molecule has 4 heteroatoms. The van der Waals surface area contributed by atoms with Gasteiger partial charge in [0.25, 0.3) is 0 Å². The number of nitrogens with zero attached hydrogens (tertiary/aromatic N) is 1. The normalized spacial score (nSPS) is 19.8. The van der Waals surface area contributed by atoms with E-state index in [1.165, 1.54) is 0 Å². The zero-order valence-electron chi connectivity index (χ0n) is 14.8. The summed E-state index contributed by atoms with van der Waals surface area (Å²) in [6.45, 7) is 5.12. The van der Waals surface area contributed by atoms with E-state index in [1.807, 2.05) is 55.5 Å². The molecule has 1 heterocycles. The molecule has 0 radical (unpaired) electrons. The fourth-order valence-electron chi connectivity index (χ4n) is 3.52. The van der Waals surface area contributed by atoms with Crippen LogP contribution in [0, 0.1) is 12.8 Å². The van der Waals surface area contributed by atoms with E-state index in [0.717, 1.165) is 42.1 Å². The van der Waals surface area contributed by atoms with Crippen LogP contribution in [0.15, 0.2) is 48.5 Å². The number of benzene rings is 2. The number of aliphatic carboxylic acids is 1. The van der Waals surface area contributed by atoms with Crippen molar-refractivity contribution in [3.63, 3.8) is 0 Å². The zero-order valence-corrected chi connectivity index (χ0v) is 14.8. The van der Waals surface area contributed by atoms with E-state index in [1.54, 1.807) is 0 Å². The first-order valence-electron chi connectivity index (χ1n) is 8.88. The molecule has 2 aromatic rings. The third kappa shape index (κ3) is 4.13. The molecule has 0 bridgehead atoms. The van der Waals surface area contributed by atoms with E-state index >= 15 is 0 Å². The predicted molar refractivity (Wildman–Crippen MR) is 99.5 cm³/mol. The minimum absolute atomic E-state index is 0.0746. The van der Waals surface area contributed by atoms with E-state index in [4.69, 9.17) is 4.74 Å². The second-order valence-electron chi connectivity index (χ2n) is 6.78. The van der Waals surface area contributed by atoms with Gasteiger partial charge in [0, 0.05) is 18.3 Å². The lowest BCUT2D eigenvalue weighted by Crippen LogP contribution is -2.31. The van der Waals surface area contributed by atoms with Crippen LogP contribution in [0.2, 0.25) is 0 Å². The van der Waals surface area contributed by atoms with Crippen LogP contribution in [0.3, 0.4) is 0 Å². The summed E-state index contributed by atoms with van der Waals surface area (Å²) in [7, 11) is 0. The zero-order chi connectivity index (χ0) is 17.8. The molecule has 25 heavy (non-hydrogen) atoms. The minimum atomic E-state index is -0.730. The van der Waals surface area contributed by atoms with Gasteiger partial charge in [-0.15, -0.1) is 0 Å². The Morgan fingerprint density at radius 3 is 2.56 bits per heavy atom. The summed E-state index contributed by atoms with van der Waals surface area (Å²) < 4.78 is 5.95. The number of anilines is 1. The van der Waals surface area contributed by atoms with Crippen molar-refractivity contribution in [3.8, 4) is 11.5 Å². The first kappa shape index (κ1) is 17.3. The molecule has 1 aliphatic heterocycles. The number of hydrogen-bond acceptors (Lipinski definition) is 3. The maximum absolute atomic E-state index is 11.2. The van der Waals surface area contributed by atoms with Gasteiger partial charge in [0.1, 0.15) is 11.5 Å². The first-order chi connectivity index (χ1) is 12.1. The van der Waals surface area contributed by atoms with E-state index < -0.39 is 5.97 Å². The highest BCUT2D eigenvalue weighted by atomic mass is 16.5. The van der Waals surface area contributed by atoms with E-state index in [9.17, 15) is 9.90 Å². The quantitative estimate of drug-likeness (QED) is 0.816. The number of carbonyl (C=O) groups is 1. The predicted octanol–water partition coefficient (Wildman–Crippen LogP) is 4.87. The Hall–Kier alpha value is -2.49. The maximum Gasteiger partial charge on any atom is 0.305 e. The van der Waals surface area contributed by atoms with Gasteiger partial charge in [-0.25, -0.2) is 0 Å². The Labute approximate surface area is 149 Å². The molecule has 1 N–H and O–H groups in total. The van der Waals surface area contributed by atoms with Crippen LogP contribution in [0.25, 0.3) is 0 Å². The summed E-state index contributed by atoms with van der Waals surface area (Å²) in [5.41, 5.74) is 2.16. The Kier molecular flexibility index (Phi) is 5.27. The molecule has 1 fully saturated rings. The second-order valence-corrected chi connectivity index (χ2v) is 6.78. The second kappa shape index (κ2) is 7.60. The molecule has 0 amide bonds. The van der Waals surface area contributed by atoms with Crippen LogP contribution in [0.4, 0.5) is 5.69 Å². The van der Waals surface area contributed by atoms with Crippen molar-refractivity contribution < 1.29 is 14.6 Å². The molecule has 1 aliphatic rings. The van der Waals surface area contributed by atoms with E-state index in [0.29, 0.717) is 5.92 Å². The fourth-order valence-corrected chi connectivity index (χ4v) is 3.52. The largest absolute Gasteiger partial charge is 0.481 e. The third-order valence-electron chi connectivity index (χ3n) is 4.98. The van der Waals surface area contributed by atoms with Crippen LogP contribution in [0.1, 0.15) is 31.7 Å². The number of carboxylic acid groups (broad SMARTS) is 1. The number of rotatable bonds is 6. The Morgan fingerprint density at radius 2 is 1.92 bits per heavy atom. The van der Waals surface area contributed by atoms with Gasteiger partial charge in [-0.05, 0) is 55.2 Å². The standard InChI is InChI=1S/C21H25NO3/c1-3-16-12-18(13-21(23)24)22(14-16)17-8-10-19(11-9-17)25-20-7-5-4-6-15(20)2/h4-11,16,18H,3,12-14H2,1-2H3,(H,23,24). The van der Waals surface area contributed by atoms with Crippen LogP contribution >= 0.6 is 0 Å². The lowest BCUT2D eigenvalue weighted by molar-refractivity contribution is -0.137. The molecule has 2 unspecified atom stereocenters. The summed E-state index contributed by atoms with van der Waals surface area (Å²) in [6.07, 6.45) is 2.23. The Balaban J connectivity index is 1.74. The molecule has 0 spiro atoms. The lowest BCUT2D eigenvalue weighted by Gasteiger charge is -2.26. The van der Waals surface area contributed by atoms with Crippen molar-refractivity contribution in [1.29, 1.82) is 0 Å². The lowest BCUT2D eigenvalue weighted by atomic mass is 10.0. The molecule has 0 saturated carbocycles. The summed E-state index contributed by atoms with van der Waals surface area (Å²) in [6, 6.07) is 16.0. The molecule has 0 aliphatic carbocycles. The minimum Gasteiger partial charge on any atom is -0.481 e.